The molecule has 6 nitrogen and oxygen atoms in total. The van der Waals surface area contributed by atoms with Crippen LogP contribution in [0, 0.1) is 0 Å². The molecule has 0 spiro atoms. The number of nitrogens with one attached hydrogen (secondary N) is 3. The van der Waals surface area contributed by atoms with Crippen LogP contribution in [-0.4, -0.2) is 43.1 Å². The quantitative estimate of drug-likeness (QED) is 0.460. The van der Waals surface area contributed by atoms with Crippen molar-refractivity contribution in [3.63, 3.8) is 0 Å². The number of piperidine rings is 1. The minimum absolute atomic E-state index is 0.444. The number of H-pyrrole nitrogens is 3. The van der Waals surface area contributed by atoms with Gasteiger partial charge in [-0.25, -0.2) is 4.98 Å². The maximum Gasteiger partial charge on any atom is 0.0923 e. The molecular formula is C23H28N6. The van der Waals surface area contributed by atoms with Gasteiger partial charge in [0.25, 0.3) is 0 Å². The number of rotatable bonds is 5. The number of aromatic amines is 3. The molecule has 6 heteroatoms. The molecule has 1 saturated heterocycles. The van der Waals surface area contributed by atoms with Crippen molar-refractivity contribution in [2.75, 3.05) is 13.1 Å². The molecule has 0 unspecified atom stereocenters. The van der Waals surface area contributed by atoms with Crippen LogP contribution in [0.5, 0.6) is 0 Å². The minimum atomic E-state index is 0.444. The van der Waals surface area contributed by atoms with E-state index >= 15 is 0 Å². The molecule has 1 aliphatic heterocycles. The fraction of sp³-hybridized carbons (Fsp3) is 0.391. The van der Waals surface area contributed by atoms with Crippen LogP contribution in [0.25, 0.3) is 22.2 Å². The van der Waals surface area contributed by atoms with Crippen LogP contribution >= 0.6 is 0 Å². The monoisotopic (exact) mass is 388 g/mol. The van der Waals surface area contributed by atoms with Gasteiger partial charge in [-0.1, -0.05) is 19.9 Å². The lowest BCUT2D eigenvalue weighted by Gasteiger charge is -2.31. The highest BCUT2D eigenvalue weighted by Gasteiger charge is 2.23. The molecular weight excluding hydrogens is 360 g/mol. The Morgan fingerprint density at radius 2 is 2.03 bits per heavy atom. The van der Waals surface area contributed by atoms with Crippen LogP contribution in [-0.2, 0) is 6.54 Å². The summed E-state index contributed by atoms with van der Waals surface area (Å²) >= 11 is 0. The van der Waals surface area contributed by atoms with Gasteiger partial charge in [-0.2, -0.15) is 5.10 Å². The van der Waals surface area contributed by atoms with Crippen molar-refractivity contribution in [2.24, 2.45) is 0 Å². The van der Waals surface area contributed by atoms with Gasteiger partial charge in [0.2, 0.25) is 0 Å². The second-order valence-electron chi connectivity index (χ2n) is 8.47. The molecule has 1 fully saturated rings. The zero-order valence-corrected chi connectivity index (χ0v) is 17.1. The summed E-state index contributed by atoms with van der Waals surface area (Å²) in [4.78, 5) is 13.6. The van der Waals surface area contributed by atoms with Gasteiger partial charge in [0.1, 0.15) is 0 Å². The third kappa shape index (κ3) is 3.49. The number of nitrogens with zero attached hydrogens (tertiary/aromatic N) is 3. The first kappa shape index (κ1) is 18.2. The number of hydrogen-bond acceptors (Lipinski definition) is 3. The number of aromatic nitrogens is 5. The Labute approximate surface area is 170 Å². The van der Waals surface area contributed by atoms with Crippen molar-refractivity contribution >= 4 is 10.9 Å². The van der Waals surface area contributed by atoms with Crippen molar-refractivity contribution in [3.8, 4) is 11.3 Å². The highest BCUT2D eigenvalue weighted by molar-refractivity contribution is 5.91. The maximum absolute atomic E-state index is 4.36. The SMILES string of the molecule is CC(C)c1c(-c2cn[nH]c2)[nH]c2ccc(C3CCN(Cc4c[nH]cn4)CC3)cc12. The summed E-state index contributed by atoms with van der Waals surface area (Å²) in [6.45, 7) is 7.73. The predicted octanol–water partition coefficient (Wildman–Crippen LogP) is 4.78. The van der Waals surface area contributed by atoms with Crippen molar-refractivity contribution < 1.29 is 0 Å². The van der Waals surface area contributed by atoms with Gasteiger partial charge in [-0.15, -0.1) is 0 Å². The summed E-state index contributed by atoms with van der Waals surface area (Å²) < 4.78 is 0. The lowest BCUT2D eigenvalue weighted by Crippen LogP contribution is -2.32. The standard InChI is InChI=1S/C23H28N6/c1-15(2)22-20-9-17(3-4-21(20)28-23(22)18-10-26-27-11-18)16-5-7-29(8-6-16)13-19-12-24-14-25-19/h3-4,9-12,14-16,28H,5-8,13H2,1-2H3,(H,24,25)(H,26,27). The van der Waals surface area contributed by atoms with Gasteiger partial charge in [0.15, 0.2) is 0 Å². The molecule has 1 aliphatic rings. The molecule has 0 amide bonds. The van der Waals surface area contributed by atoms with Crippen LogP contribution in [0.15, 0.2) is 43.1 Å². The van der Waals surface area contributed by atoms with E-state index in [1.165, 1.54) is 40.6 Å². The van der Waals surface area contributed by atoms with E-state index in [9.17, 15) is 0 Å². The van der Waals surface area contributed by atoms with E-state index in [1.807, 2.05) is 18.6 Å². The second kappa shape index (κ2) is 7.52. The van der Waals surface area contributed by atoms with Crippen molar-refractivity contribution in [2.45, 2.75) is 45.1 Å². The molecule has 0 radical (unpaired) electrons. The van der Waals surface area contributed by atoms with Crippen molar-refractivity contribution in [1.82, 2.24) is 30.0 Å². The highest BCUT2D eigenvalue weighted by Crippen LogP contribution is 2.38. The van der Waals surface area contributed by atoms with E-state index in [2.05, 4.69) is 62.1 Å². The lowest BCUT2D eigenvalue weighted by atomic mass is 9.87. The number of hydrogen-bond donors (Lipinski definition) is 3. The molecule has 5 rings (SSSR count). The molecule has 3 N–H and O–H groups in total. The Hall–Kier alpha value is -2.86. The third-order valence-electron chi connectivity index (χ3n) is 6.23. The smallest absolute Gasteiger partial charge is 0.0923 e. The molecule has 29 heavy (non-hydrogen) atoms. The maximum atomic E-state index is 4.36. The van der Waals surface area contributed by atoms with Crippen LogP contribution in [0.1, 0.15) is 55.3 Å². The number of benzene rings is 1. The molecule has 0 aliphatic carbocycles. The van der Waals surface area contributed by atoms with E-state index in [0.29, 0.717) is 11.8 Å². The summed E-state index contributed by atoms with van der Waals surface area (Å²) in [5.74, 6) is 1.07. The molecule has 1 aromatic carbocycles. The van der Waals surface area contributed by atoms with Gasteiger partial charge in [0, 0.05) is 35.4 Å². The van der Waals surface area contributed by atoms with Gasteiger partial charge < -0.3 is 9.97 Å². The molecule has 0 bridgehead atoms. The Balaban J connectivity index is 1.39. The normalized spacial score (nSPS) is 16.2. The predicted molar refractivity (Wildman–Crippen MR) is 116 cm³/mol. The van der Waals surface area contributed by atoms with Crippen LogP contribution in [0.3, 0.4) is 0 Å². The first-order chi connectivity index (χ1) is 14.2. The molecule has 0 saturated carbocycles. The third-order valence-corrected chi connectivity index (χ3v) is 6.23. The summed E-state index contributed by atoms with van der Waals surface area (Å²) in [6, 6.07) is 7.01. The molecule has 3 aromatic heterocycles. The summed E-state index contributed by atoms with van der Waals surface area (Å²) in [7, 11) is 0. The Kier molecular flexibility index (Phi) is 4.72. The van der Waals surface area contributed by atoms with E-state index in [4.69, 9.17) is 0 Å². The van der Waals surface area contributed by atoms with E-state index in [0.717, 1.165) is 30.9 Å². The Bertz CT molecular complexity index is 1070. The largest absolute Gasteiger partial charge is 0.354 e. The van der Waals surface area contributed by atoms with Gasteiger partial charge in [-0.05, 0) is 61.0 Å². The molecule has 4 aromatic rings. The second-order valence-corrected chi connectivity index (χ2v) is 8.47. The van der Waals surface area contributed by atoms with Gasteiger partial charge in [-0.3, -0.25) is 10.00 Å². The molecule has 0 atom stereocenters. The average Bonchev–Trinajstić information content (AvgIpc) is 3.48. The number of likely N-dealkylation sites (tertiary alicyclic amines) is 1. The highest BCUT2D eigenvalue weighted by atomic mass is 15.1. The van der Waals surface area contributed by atoms with Crippen molar-refractivity contribution in [1.29, 1.82) is 0 Å². The number of imidazole rings is 1. The van der Waals surface area contributed by atoms with Crippen LogP contribution in [0.4, 0.5) is 0 Å². The van der Waals surface area contributed by atoms with E-state index < -0.39 is 0 Å². The summed E-state index contributed by atoms with van der Waals surface area (Å²) in [5, 5.41) is 8.43. The van der Waals surface area contributed by atoms with E-state index in [-0.39, 0.29) is 0 Å². The summed E-state index contributed by atoms with van der Waals surface area (Å²) in [5.41, 5.74) is 7.51. The Morgan fingerprint density at radius 1 is 1.17 bits per heavy atom. The fourth-order valence-electron chi connectivity index (χ4n) is 4.73. The molecule has 150 valence electrons. The average molecular weight is 389 g/mol. The Morgan fingerprint density at radius 3 is 2.72 bits per heavy atom. The van der Waals surface area contributed by atoms with Crippen LogP contribution < -0.4 is 0 Å². The van der Waals surface area contributed by atoms with Crippen molar-refractivity contribution in [3.05, 3.63) is 59.9 Å². The van der Waals surface area contributed by atoms with E-state index in [1.54, 1.807) is 6.33 Å². The fourth-order valence-corrected chi connectivity index (χ4v) is 4.73. The first-order valence-electron chi connectivity index (χ1n) is 10.5. The topological polar surface area (TPSA) is 76.4 Å². The zero-order valence-electron chi connectivity index (χ0n) is 17.1. The van der Waals surface area contributed by atoms with Gasteiger partial charge in [0.05, 0.1) is 23.9 Å². The first-order valence-corrected chi connectivity index (χ1v) is 10.5. The van der Waals surface area contributed by atoms with Crippen LogP contribution in [0.2, 0.25) is 0 Å². The minimum Gasteiger partial charge on any atom is -0.354 e. The zero-order chi connectivity index (χ0) is 19.8. The number of fused-ring (bicyclic) bond motifs is 1. The lowest BCUT2D eigenvalue weighted by molar-refractivity contribution is 0.203. The summed E-state index contributed by atoms with van der Waals surface area (Å²) in [6.07, 6.45) is 10.0. The molecule has 4 heterocycles. The van der Waals surface area contributed by atoms with Gasteiger partial charge >= 0.3 is 0 Å².